The quantitative estimate of drug-likeness (QED) is 0.888. The number of anilines is 3. The molecule has 1 aliphatic carbocycles. The van der Waals surface area contributed by atoms with E-state index in [2.05, 4.69) is 20.6 Å². The second-order valence-corrected chi connectivity index (χ2v) is 6.03. The zero-order chi connectivity index (χ0) is 16.4. The van der Waals surface area contributed by atoms with Gasteiger partial charge in [-0.15, -0.1) is 0 Å². The van der Waals surface area contributed by atoms with Gasteiger partial charge in [0.15, 0.2) is 0 Å². The van der Waals surface area contributed by atoms with Crippen LogP contribution in [0.25, 0.3) is 0 Å². The Balaban J connectivity index is 1.76. The van der Waals surface area contributed by atoms with Gasteiger partial charge in [-0.1, -0.05) is 0 Å². The van der Waals surface area contributed by atoms with Crippen molar-refractivity contribution in [2.45, 2.75) is 25.8 Å². The lowest BCUT2D eigenvalue weighted by Crippen LogP contribution is -2.26. The average molecular weight is 311 g/mol. The first-order chi connectivity index (χ1) is 11.0. The molecule has 6 heteroatoms. The lowest BCUT2D eigenvalue weighted by molar-refractivity contribution is 0.0946. The molecule has 1 fully saturated rings. The smallest absolute Gasteiger partial charge is 0.270 e. The monoisotopic (exact) mass is 311 g/mol. The summed E-state index contributed by atoms with van der Waals surface area (Å²) in [5.74, 6) is 0.299. The van der Waals surface area contributed by atoms with Gasteiger partial charge < -0.3 is 15.5 Å². The van der Waals surface area contributed by atoms with Crippen molar-refractivity contribution in [2.24, 2.45) is 0 Å². The first-order valence-corrected chi connectivity index (χ1v) is 7.72. The predicted molar refractivity (Wildman–Crippen MR) is 91.3 cm³/mol. The highest BCUT2D eigenvalue weighted by Gasteiger charge is 2.24. The van der Waals surface area contributed by atoms with E-state index in [1.165, 1.54) is 0 Å². The molecule has 0 bridgehead atoms. The van der Waals surface area contributed by atoms with Gasteiger partial charge >= 0.3 is 0 Å². The second kappa shape index (κ2) is 6.24. The molecule has 2 aromatic rings. The standard InChI is InChI=1S/C17H21N5O/c1-11-10-15(16(23)19-12-4-5-12)21-17(18-11)20-13-6-8-14(9-7-13)22(2)3/h6-10,12H,4-5H2,1-3H3,(H,19,23)(H,18,20,21). The minimum absolute atomic E-state index is 0.135. The molecular weight excluding hydrogens is 290 g/mol. The largest absolute Gasteiger partial charge is 0.378 e. The molecule has 0 unspecified atom stereocenters. The molecule has 0 atom stereocenters. The first-order valence-electron chi connectivity index (χ1n) is 7.72. The van der Waals surface area contributed by atoms with Gasteiger partial charge in [0.1, 0.15) is 5.69 Å². The molecule has 0 spiro atoms. The van der Waals surface area contributed by atoms with Crippen molar-refractivity contribution in [1.29, 1.82) is 0 Å². The highest BCUT2D eigenvalue weighted by molar-refractivity contribution is 5.93. The minimum Gasteiger partial charge on any atom is -0.378 e. The van der Waals surface area contributed by atoms with Crippen molar-refractivity contribution in [3.05, 3.63) is 41.7 Å². The van der Waals surface area contributed by atoms with Crippen molar-refractivity contribution in [3.63, 3.8) is 0 Å². The number of benzene rings is 1. The maximum atomic E-state index is 12.1. The van der Waals surface area contributed by atoms with Crippen LogP contribution in [0.15, 0.2) is 30.3 Å². The van der Waals surface area contributed by atoms with Crippen molar-refractivity contribution in [1.82, 2.24) is 15.3 Å². The van der Waals surface area contributed by atoms with Gasteiger partial charge in [0, 0.05) is 37.2 Å². The Bertz CT molecular complexity index is 707. The van der Waals surface area contributed by atoms with E-state index in [0.29, 0.717) is 17.7 Å². The third kappa shape index (κ3) is 3.97. The van der Waals surface area contributed by atoms with E-state index in [1.54, 1.807) is 6.07 Å². The number of amides is 1. The van der Waals surface area contributed by atoms with E-state index in [4.69, 9.17) is 0 Å². The van der Waals surface area contributed by atoms with E-state index in [9.17, 15) is 4.79 Å². The van der Waals surface area contributed by atoms with E-state index in [1.807, 2.05) is 50.2 Å². The summed E-state index contributed by atoms with van der Waals surface area (Å²) in [5.41, 5.74) is 3.16. The van der Waals surface area contributed by atoms with Crippen molar-refractivity contribution in [2.75, 3.05) is 24.3 Å². The Labute approximate surface area is 135 Å². The van der Waals surface area contributed by atoms with Crippen LogP contribution in [0.5, 0.6) is 0 Å². The first kappa shape index (κ1) is 15.3. The van der Waals surface area contributed by atoms with Gasteiger partial charge in [-0.05, 0) is 50.1 Å². The van der Waals surface area contributed by atoms with E-state index >= 15 is 0 Å². The molecule has 3 rings (SSSR count). The van der Waals surface area contributed by atoms with Crippen LogP contribution in [0.1, 0.15) is 29.0 Å². The number of hydrogen-bond donors (Lipinski definition) is 2. The van der Waals surface area contributed by atoms with Crippen LogP contribution in [0, 0.1) is 6.92 Å². The Kier molecular flexibility index (Phi) is 4.14. The molecule has 1 aliphatic rings. The van der Waals surface area contributed by atoms with Gasteiger partial charge in [-0.25, -0.2) is 9.97 Å². The van der Waals surface area contributed by atoms with Crippen LogP contribution in [0.4, 0.5) is 17.3 Å². The number of aromatic nitrogens is 2. The lowest BCUT2D eigenvalue weighted by Gasteiger charge is -2.13. The van der Waals surface area contributed by atoms with Crippen molar-refractivity contribution < 1.29 is 4.79 Å². The number of hydrogen-bond acceptors (Lipinski definition) is 5. The maximum Gasteiger partial charge on any atom is 0.270 e. The number of nitrogens with zero attached hydrogens (tertiary/aromatic N) is 3. The Morgan fingerprint density at radius 3 is 2.48 bits per heavy atom. The minimum atomic E-state index is -0.135. The predicted octanol–water partition coefficient (Wildman–Crippen LogP) is 2.49. The molecule has 0 aliphatic heterocycles. The fraction of sp³-hybridized carbons (Fsp3) is 0.353. The Morgan fingerprint density at radius 1 is 1.17 bits per heavy atom. The van der Waals surface area contributed by atoms with Crippen LogP contribution < -0.4 is 15.5 Å². The SMILES string of the molecule is Cc1cc(C(=O)NC2CC2)nc(Nc2ccc(N(C)C)cc2)n1. The summed E-state index contributed by atoms with van der Waals surface area (Å²) >= 11 is 0. The maximum absolute atomic E-state index is 12.1. The number of carbonyl (C=O) groups is 1. The summed E-state index contributed by atoms with van der Waals surface area (Å²) in [6, 6.07) is 9.97. The molecule has 0 radical (unpaired) electrons. The van der Waals surface area contributed by atoms with Gasteiger partial charge in [0.25, 0.3) is 5.91 Å². The highest BCUT2D eigenvalue weighted by atomic mass is 16.2. The summed E-state index contributed by atoms with van der Waals surface area (Å²) in [4.78, 5) is 22.8. The topological polar surface area (TPSA) is 70.2 Å². The molecule has 23 heavy (non-hydrogen) atoms. The normalized spacial score (nSPS) is 13.5. The van der Waals surface area contributed by atoms with Gasteiger partial charge in [0.05, 0.1) is 0 Å². The fourth-order valence-electron chi connectivity index (χ4n) is 2.20. The lowest BCUT2D eigenvalue weighted by atomic mass is 10.2. The second-order valence-electron chi connectivity index (χ2n) is 6.03. The molecule has 1 amide bonds. The summed E-state index contributed by atoms with van der Waals surface area (Å²) in [5, 5.41) is 6.10. The van der Waals surface area contributed by atoms with E-state index in [0.717, 1.165) is 29.9 Å². The molecule has 2 N–H and O–H groups in total. The summed E-state index contributed by atoms with van der Waals surface area (Å²) in [7, 11) is 3.99. The zero-order valence-corrected chi connectivity index (χ0v) is 13.6. The summed E-state index contributed by atoms with van der Waals surface area (Å²) in [6.07, 6.45) is 2.11. The number of rotatable bonds is 5. The molecule has 1 saturated carbocycles. The molecular formula is C17H21N5O. The Hall–Kier alpha value is -2.63. The van der Waals surface area contributed by atoms with Crippen LogP contribution in [-0.2, 0) is 0 Å². The summed E-state index contributed by atoms with van der Waals surface area (Å²) in [6.45, 7) is 1.86. The Morgan fingerprint density at radius 2 is 1.87 bits per heavy atom. The third-order valence-corrected chi connectivity index (χ3v) is 3.64. The zero-order valence-electron chi connectivity index (χ0n) is 13.6. The molecule has 6 nitrogen and oxygen atoms in total. The van der Waals surface area contributed by atoms with Crippen LogP contribution in [0.2, 0.25) is 0 Å². The van der Waals surface area contributed by atoms with Gasteiger partial charge in [0.2, 0.25) is 5.95 Å². The number of nitrogens with one attached hydrogen (secondary N) is 2. The van der Waals surface area contributed by atoms with Gasteiger partial charge in [-0.2, -0.15) is 0 Å². The van der Waals surface area contributed by atoms with Crippen LogP contribution >= 0.6 is 0 Å². The van der Waals surface area contributed by atoms with Crippen LogP contribution in [0.3, 0.4) is 0 Å². The van der Waals surface area contributed by atoms with E-state index in [-0.39, 0.29) is 5.91 Å². The number of aryl methyl sites for hydroxylation is 1. The molecule has 1 aromatic carbocycles. The summed E-state index contributed by atoms with van der Waals surface area (Å²) < 4.78 is 0. The van der Waals surface area contributed by atoms with Crippen LogP contribution in [-0.4, -0.2) is 36.0 Å². The average Bonchev–Trinajstić information content (AvgIpc) is 3.31. The molecule has 1 aromatic heterocycles. The van der Waals surface area contributed by atoms with Gasteiger partial charge in [-0.3, -0.25) is 4.79 Å². The third-order valence-electron chi connectivity index (χ3n) is 3.64. The fourth-order valence-corrected chi connectivity index (χ4v) is 2.20. The molecule has 120 valence electrons. The molecule has 1 heterocycles. The molecule has 0 saturated heterocycles. The van der Waals surface area contributed by atoms with Crippen molar-refractivity contribution in [3.8, 4) is 0 Å². The van der Waals surface area contributed by atoms with Crippen molar-refractivity contribution >= 4 is 23.2 Å². The van der Waals surface area contributed by atoms with E-state index < -0.39 is 0 Å². The number of carbonyl (C=O) groups excluding carboxylic acids is 1. The highest BCUT2D eigenvalue weighted by Crippen LogP contribution is 2.20.